The summed E-state index contributed by atoms with van der Waals surface area (Å²) in [6.45, 7) is 2.34. The van der Waals surface area contributed by atoms with Gasteiger partial charge in [-0.2, -0.15) is 0 Å². The fourth-order valence-electron chi connectivity index (χ4n) is 4.82. The van der Waals surface area contributed by atoms with Gasteiger partial charge < -0.3 is 0 Å². The zero-order chi connectivity index (χ0) is 21.0. The summed E-state index contributed by atoms with van der Waals surface area (Å²) in [6.07, 6.45) is 2.01. The number of benzene rings is 5. The van der Waals surface area contributed by atoms with Crippen molar-refractivity contribution < 1.29 is 0 Å². The molecule has 5 rings (SSSR count). The van der Waals surface area contributed by atoms with Gasteiger partial charge in [-0.3, -0.25) is 0 Å². The normalized spacial score (nSPS) is 12.5. The average Bonchev–Trinajstić information content (AvgIpc) is 2.83. The van der Waals surface area contributed by atoms with Crippen LogP contribution in [-0.2, 0) is 12.8 Å². The van der Waals surface area contributed by atoms with Crippen molar-refractivity contribution in [3.8, 4) is 0 Å². The highest BCUT2D eigenvalue weighted by atomic mass is 14.3. The Labute approximate surface area is 185 Å². The van der Waals surface area contributed by atoms with Crippen LogP contribution in [0.1, 0.15) is 29.5 Å². The maximum absolute atomic E-state index is 2.34. The Morgan fingerprint density at radius 3 is 1.74 bits per heavy atom. The van der Waals surface area contributed by atoms with E-state index in [9.17, 15) is 0 Å². The highest BCUT2D eigenvalue weighted by Gasteiger charge is 2.22. The Balaban J connectivity index is 1.52. The van der Waals surface area contributed by atoms with E-state index in [2.05, 4.69) is 122 Å². The first-order chi connectivity index (χ1) is 15.3. The van der Waals surface area contributed by atoms with Gasteiger partial charge in [0.2, 0.25) is 0 Å². The third-order valence-electron chi connectivity index (χ3n) is 6.45. The molecule has 0 spiro atoms. The lowest BCUT2D eigenvalue weighted by molar-refractivity contribution is 0.668. The molecule has 0 aliphatic rings. The molecule has 0 fully saturated rings. The lowest BCUT2D eigenvalue weighted by Crippen LogP contribution is -2.14. The van der Waals surface area contributed by atoms with Crippen LogP contribution in [0.4, 0.5) is 0 Å². The molecule has 5 aromatic rings. The molecule has 1 radical (unpaired) electrons. The van der Waals surface area contributed by atoms with E-state index < -0.39 is 0 Å². The van der Waals surface area contributed by atoms with Crippen molar-refractivity contribution in [2.24, 2.45) is 0 Å². The summed E-state index contributed by atoms with van der Waals surface area (Å²) in [6, 6.07) is 41.8. The van der Waals surface area contributed by atoms with Crippen molar-refractivity contribution in [3.63, 3.8) is 0 Å². The standard InChI is InChI=1S/C31H27/c1-23(21-27-17-9-15-24-13-5-7-19-29(24)27)31(26-11-3-2-4-12-26)22-28-18-10-16-25-14-6-8-20-30(25)28/h2-20,31H,21-22H2,1H3. The van der Waals surface area contributed by atoms with E-state index in [1.54, 1.807) is 0 Å². The number of hydrogen-bond acceptors (Lipinski definition) is 0. The second-order valence-corrected chi connectivity index (χ2v) is 8.47. The Morgan fingerprint density at radius 1 is 0.548 bits per heavy atom. The third-order valence-corrected chi connectivity index (χ3v) is 6.45. The van der Waals surface area contributed by atoms with E-state index in [0.717, 1.165) is 12.8 Å². The summed E-state index contributed by atoms with van der Waals surface area (Å²) in [5.74, 6) is 1.89. The van der Waals surface area contributed by atoms with Crippen LogP contribution in [0.25, 0.3) is 21.5 Å². The van der Waals surface area contributed by atoms with Gasteiger partial charge in [0.1, 0.15) is 0 Å². The molecular formula is C31H27. The van der Waals surface area contributed by atoms with E-state index in [1.165, 1.54) is 44.2 Å². The monoisotopic (exact) mass is 399 g/mol. The van der Waals surface area contributed by atoms with Gasteiger partial charge in [0, 0.05) is 0 Å². The quantitative estimate of drug-likeness (QED) is 0.270. The zero-order valence-electron chi connectivity index (χ0n) is 18.0. The minimum absolute atomic E-state index is 0.381. The number of hydrogen-bond donors (Lipinski definition) is 0. The fourth-order valence-corrected chi connectivity index (χ4v) is 4.82. The van der Waals surface area contributed by atoms with E-state index in [1.807, 2.05) is 0 Å². The fraction of sp³-hybridized carbons (Fsp3) is 0.129. The molecule has 31 heavy (non-hydrogen) atoms. The topological polar surface area (TPSA) is 0 Å². The minimum atomic E-state index is 0.381. The van der Waals surface area contributed by atoms with Crippen molar-refractivity contribution in [3.05, 3.63) is 138 Å². The van der Waals surface area contributed by atoms with Crippen LogP contribution in [0.3, 0.4) is 0 Å². The molecule has 1 atom stereocenters. The molecule has 0 saturated heterocycles. The molecule has 0 amide bonds. The summed E-state index contributed by atoms with van der Waals surface area (Å²) >= 11 is 0. The van der Waals surface area contributed by atoms with E-state index in [-0.39, 0.29) is 0 Å². The molecule has 0 nitrogen and oxygen atoms in total. The van der Waals surface area contributed by atoms with Crippen molar-refractivity contribution in [2.75, 3.05) is 0 Å². The largest absolute Gasteiger partial charge is 0.0622 e. The summed E-state index contributed by atoms with van der Waals surface area (Å²) in [4.78, 5) is 0. The molecule has 1 unspecified atom stereocenters. The third kappa shape index (κ3) is 4.11. The Bertz CT molecular complexity index is 1290. The maximum atomic E-state index is 2.34. The lowest BCUT2D eigenvalue weighted by atomic mass is 9.78. The van der Waals surface area contributed by atoms with E-state index in [4.69, 9.17) is 0 Å². The van der Waals surface area contributed by atoms with Crippen LogP contribution < -0.4 is 0 Å². The molecule has 5 aromatic carbocycles. The van der Waals surface area contributed by atoms with Gasteiger partial charge in [0.25, 0.3) is 0 Å². The molecule has 151 valence electrons. The van der Waals surface area contributed by atoms with Crippen LogP contribution in [0, 0.1) is 5.92 Å². The molecule has 0 aliphatic heterocycles. The predicted molar refractivity (Wildman–Crippen MR) is 133 cm³/mol. The van der Waals surface area contributed by atoms with Crippen molar-refractivity contribution in [1.29, 1.82) is 0 Å². The predicted octanol–water partition coefficient (Wildman–Crippen LogP) is 8.16. The summed E-state index contributed by atoms with van der Waals surface area (Å²) in [7, 11) is 0. The van der Waals surface area contributed by atoms with Crippen LogP contribution in [0.15, 0.2) is 115 Å². The van der Waals surface area contributed by atoms with Crippen molar-refractivity contribution in [1.82, 2.24) is 0 Å². The minimum Gasteiger partial charge on any atom is -0.0622 e. The molecule has 0 heterocycles. The lowest BCUT2D eigenvalue weighted by Gasteiger charge is -2.25. The van der Waals surface area contributed by atoms with Crippen molar-refractivity contribution in [2.45, 2.75) is 25.7 Å². The molecule has 0 bridgehead atoms. The van der Waals surface area contributed by atoms with E-state index >= 15 is 0 Å². The zero-order valence-corrected chi connectivity index (χ0v) is 18.0. The molecular weight excluding hydrogens is 372 g/mol. The van der Waals surface area contributed by atoms with Gasteiger partial charge in [0.05, 0.1) is 0 Å². The summed E-state index contributed by atoms with van der Waals surface area (Å²) in [5, 5.41) is 5.36. The van der Waals surface area contributed by atoms with Crippen LogP contribution in [0.2, 0.25) is 0 Å². The second-order valence-electron chi connectivity index (χ2n) is 8.47. The summed E-state index contributed by atoms with van der Waals surface area (Å²) < 4.78 is 0. The number of rotatable bonds is 6. The van der Waals surface area contributed by atoms with Crippen LogP contribution >= 0.6 is 0 Å². The highest BCUT2D eigenvalue weighted by molar-refractivity contribution is 5.86. The van der Waals surface area contributed by atoms with Gasteiger partial charge in [-0.1, -0.05) is 122 Å². The Morgan fingerprint density at radius 2 is 1.06 bits per heavy atom. The molecule has 0 saturated carbocycles. The van der Waals surface area contributed by atoms with Crippen LogP contribution in [-0.4, -0.2) is 0 Å². The smallest absolute Gasteiger partial charge is 0.00586 e. The summed E-state index contributed by atoms with van der Waals surface area (Å²) in [5.41, 5.74) is 4.23. The first-order valence-corrected chi connectivity index (χ1v) is 11.1. The maximum Gasteiger partial charge on any atom is -0.00586 e. The van der Waals surface area contributed by atoms with Crippen LogP contribution in [0.5, 0.6) is 0 Å². The second kappa shape index (κ2) is 8.78. The van der Waals surface area contributed by atoms with Gasteiger partial charge >= 0.3 is 0 Å². The molecule has 0 heteroatoms. The Kier molecular flexibility index (Phi) is 5.54. The number of fused-ring (bicyclic) bond motifs is 2. The molecule has 0 aromatic heterocycles. The SMILES string of the molecule is C[C](Cc1cccc2ccccc12)C(Cc1cccc2ccccc12)c1ccccc1. The molecule has 0 aliphatic carbocycles. The van der Waals surface area contributed by atoms with Gasteiger partial charge in [-0.25, -0.2) is 0 Å². The average molecular weight is 400 g/mol. The van der Waals surface area contributed by atoms with E-state index in [0.29, 0.717) is 5.92 Å². The van der Waals surface area contributed by atoms with Gasteiger partial charge in [0.15, 0.2) is 0 Å². The highest BCUT2D eigenvalue weighted by Crippen LogP contribution is 2.35. The first-order valence-electron chi connectivity index (χ1n) is 11.1. The van der Waals surface area contributed by atoms with Gasteiger partial charge in [-0.05, 0) is 62.9 Å². The molecule has 0 N–H and O–H groups in total. The van der Waals surface area contributed by atoms with Gasteiger partial charge in [-0.15, -0.1) is 0 Å². The Hall–Kier alpha value is -3.38. The first kappa shape index (κ1) is 19.6. The van der Waals surface area contributed by atoms with Crippen molar-refractivity contribution >= 4 is 21.5 Å².